The lowest BCUT2D eigenvalue weighted by Crippen LogP contribution is -2.56. The first-order valence-electron chi connectivity index (χ1n) is 7.44. The first kappa shape index (κ1) is 13.9. The molecule has 23 heavy (non-hydrogen) atoms. The Labute approximate surface area is 131 Å². The largest absolute Gasteiger partial charge is 0.369 e. The Kier molecular flexibility index (Phi) is 2.96. The summed E-state index contributed by atoms with van der Waals surface area (Å²) in [6.45, 7) is 0. The van der Waals surface area contributed by atoms with Crippen molar-refractivity contribution in [3.63, 3.8) is 0 Å². The van der Waals surface area contributed by atoms with Crippen molar-refractivity contribution in [2.24, 2.45) is 0 Å². The van der Waals surface area contributed by atoms with Gasteiger partial charge in [-0.2, -0.15) is 0 Å². The van der Waals surface area contributed by atoms with Crippen molar-refractivity contribution in [1.82, 2.24) is 10.2 Å². The molecule has 2 N–H and O–H groups in total. The topological polar surface area (TPSA) is 86.7 Å². The number of imide groups is 1. The number of aliphatic hydroxyl groups excluding tert-OH is 1. The van der Waals surface area contributed by atoms with Gasteiger partial charge in [0.25, 0.3) is 5.91 Å². The van der Waals surface area contributed by atoms with E-state index in [2.05, 4.69) is 5.32 Å². The van der Waals surface area contributed by atoms with Crippen molar-refractivity contribution in [1.29, 1.82) is 0 Å². The molecule has 6 nitrogen and oxygen atoms in total. The summed E-state index contributed by atoms with van der Waals surface area (Å²) < 4.78 is 0. The lowest BCUT2D eigenvalue weighted by atomic mass is 9.91. The van der Waals surface area contributed by atoms with Gasteiger partial charge in [0.1, 0.15) is 6.04 Å². The Bertz CT molecular complexity index is 856. The van der Waals surface area contributed by atoms with E-state index in [1.165, 1.54) is 4.90 Å². The molecule has 0 radical (unpaired) electrons. The van der Waals surface area contributed by atoms with Gasteiger partial charge in [0.05, 0.1) is 0 Å². The molecule has 0 aromatic heterocycles. The molecule has 2 atom stereocenters. The second-order valence-corrected chi connectivity index (χ2v) is 5.80. The van der Waals surface area contributed by atoms with Gasteiger partial charge in [-0.05, 0) is 17.9 Å². The molecule has 2 unspecified atom stereocenters. The van der Waals surface area contributed by atoms with Crippen LogP contribution in [0.1, 0.15) is 35.0 Å². The van der Waals surface area contributed by atoms with E-state index in [4.69, 9.17) is 0 Å². The molecule has 0 saturated carbocycles. The Balaban J connectivity index is 1.85. The standard InChI is InChI=1S/C17H14N2O4/c20-13-8-7-12(15(21)18-13)19-16(22)10-5-1-3-9-4-2-6-11(14(9)10)17(19)23/h1-6,12,16,22H,7-8H2,(H,18,20,21). The normalized spacial score (nSPS) is 24.0. The Morgan fingerprint density at radius 1 is 1.09 bits per heavy atom. The van der Waals surface area contributed by atoms with Crippen LogP contribution < -0.4 is 5.32 Å². The number of carbonyl (C=O) groups excluding carboxylic acids is 3. The predicted octanol–water partition coefficient (Wildman–Crippen LogP) is 1.09. The highest BCUT2D eigenvalue weighted by Gasteiger charge is 2.42. The number of hydrogen-bond donors (Lipinski definition) is 2. The van der Waals surface area contributed by atoms with Crippen LogP contribution in [0, 0.1) is 0 Å². The van der Waals surface area contributed by atoms with Crippen molar-refractivity contribution in [2.75, 3.05) is 0 Å². The van der Waals surface area contributed by atoms with Crippen LogP contribution in [0.5, 0.6) is 0 Å². The van der Waals surface area contributed by atoms with E-state index in [0.29, 0.717) is 11.1 Å². The molecule has 6 heteroatoms. The zero-order valence-corrected chi connectivity index (χ0v) is 12.2. The Morgan fingerprint density at radius 3 is 2.57 bits per heavy atom. The molecule has 2 aliphatic heterocycles. The zero-order valence-electron chi connectivity index (χ0n) is 12.2. The fraction of sp³-hybridized carbons (Fsp3) is 0.235. The quantitative estimate of drug-likeness (QED) is 0.772. The third-order valence-electron chi connectivity index (χ3n) is 4.49. The lowest BCUT2D eigenvalue weighted by Gasteiger charge is -2.39. The first-order chi connectivity index (χ1) is 11.1. The average molecular weight is 310 g/mol. The van der Waals surface area contributed by atoms with E-state index in [0.717, 1.165) is 10.8 Å². The highest BCUT2D eigenvalue weighted by Crippen LogP contribution is 2.37. The van der Waals surface area contributed by atoms with Crippen LogP contribution in [0.25, 0.3) is 10.8 Å². The summed E-state index contributed by atoms with van der Waals surface area (Å²) in [6.07, 6.45) is -0.838. The second kappa shape index (κ2) is 4.89. The molecule has 4 rings (SSSR count). The van der Waals surface area contributed by atoms with Crippen LogP contribution in [0.3, 0.4) is 0 Å². The van der Waals surface area contributed by atoms with Crippen molar-refractivity contribution >= 4 is 28.5 Å². The lowest BCUT2D eigenvalue weighted by molar-refractivity contribution is -0.140. The molecule has 1 saturated heterocycles. The van der Waals surface area contributed by atoms with Gasteiger partial charge < -0.3 is 5.11 Å². The molecule has 2 aromatic carbocycles. The number of nitrogens with one attached hydrogen (secondary N) is 1. The van der Waals surface area contributed by atoms with Gasteiger partial charge in [-0.15, -0.1) is 0 Å². The van der Waals surface area contributed by atoms with Gasteiger partial charge in [-0.3, -0.25) is 24.6 Å². The molecule has 0 bridgehead atoms. The summed E-state index contributed by atoms with van der Waals surface area (Å²) >= 11 is 0. The minimum absolute atomic E-state index is 0.152. The maximum absolute atomic E-state index is 12.8. The van der Waals surface area contributed by atoms with Gasteiger partial charge in [0, 0.05) is 22.9 Å². The number of carbonyl (C=O) groups is 3. The van der Waals surface area contributed by atoms with Crippen LogP contribution in [-0.4, -0.2) is 33.8 Å². The Morgan fingerprint density at radius 2 is 1.83 bits per heavy atom. The van der Waals surface area contributed by atoms with E-state index in [1.54, 1.807) is 18.2 Å². The molecule has 2 aliphatic rings. The summed E-state index contributed by atoms with van der Waals surface area (Å²) in [7, 11) is 0. The third-order valence-corrected chi connectivity index (χ3v) is 4.49. The highest BCUT2D eigenvalue weighted by atomic mass is 16.3. The van der Waals surface area contributed by atoms with E-state index >= 15 is 0 Å². The zero-order chi connectivity index (χ0) is 16.1. The molecule has 2 aromatic rings. The van der Waals surface area contributed by atoms with Gasteiger partial charge in [0.2, 0.25) is 11.8 Å². The highest BCUT2D eigenvalue weighted by molar-refractivity contribution is 6.12. The Hall–Kier alpha value is -2.73. The summed E-state index contributed by atoms with van der Waals surface area (Å²) in [5.41, 5.74) is 1.07. The predicted molar refractivity (Wildman–Crippen MR) is 81.2 cm³/mol. The maximum atomic E-state index is 12.8. The van der Waals surface area contributed by atoms with E-state index in [9.17, 15) is 19.5 Å². The number of piperidine rings is 1. The summed E-state index contributed by atoms with van der Waals surface area (Å²) in [4.78, 5) is 37.5. The summed E-state index contributed by atoms with van der Waals surface area (Å²) in [5, 5.41) is 14.5. The molecular formula is C17H14N2O4. The SMILES string of the molecule is O=C1CCC(N2C(=O)c3cccc4cccc(c34)C2O)C(=O)N1. The van der Waals surface area contributed by atoms with E-state index in [-0.39, 0.29) is 18.7 Å². The van der Waals surface area contributed by atoms with Crippen molar-refractivity contribution in [3.05, 3.63) is 47.5 Å². The molecule has 1 fully saturated rings. The molecule has 3 amide bonds. The minimum atomic E-state index is -1.20. The minimum Gasteiger partial charge on any atom is -0.369 e. The number of amides is 3. The number of rotatable bonds is 1. The fourth-order valence-electron chi connectivity index (χ4n) is 3.42. The fourth-order valence-corrected chi connectivity index (χ4v) is 3.42. The van der Waals surface area contributed by atoms with Gasteiger partial charge >= 0.3 is 0 Å². The monoisotopic (exact) mass is 310 g/mol. The van der Waals surface area contributed by atoms with Crippen LogP contribution in [0.4, 0.5) is 0 Å². The van der Waals surface area contributed by atoms with Gasteiger partial charge in [-0.1, -0.05) is 30.3 Å². The van der Waals surface area contributed by atoms with Crippen LogP contribution >= 0.6 is 0 Å². The average Bonchev–Trinajstić information content (AvgIpc) is 2.54. The van der Waals surface area contributed by atoms with Crippen LogP contribution in [-0.2, 0) is 9.59 Å². The van der Waals surface area contributed by atoms with Crippen molar-refractivity contribution < 1.29 is 19.5 Å². The second-order valence-electron chi connectivity index (χ2n) is 5.80. The van der Waals surface area contributed by atoms with Gasteiger partial charge in [0.15, 0.2) is 6.23 Å². The van der Waals surface area contributed by atoms with Crippen molar-refractivity contribution in [3.8, 4) is 0 Å². The smallest absolute Gasteiger partial charge is 0.257 e. The van der Waals surface area contributed by atoms with Gasteiger partial charge in [-0.25, -0.2) is 0 Å². The van der Waals surface area contributed by atoms with Crippen molar-refractivity contribution in [2.45, 2.75) is 25.1 Å². The number of aliphatic hydroxyl groups is 1. The van der Waals surface area contributed by atoms with Crippen LogP contribution in [0.2, 0.25) is 0 Å². The third kappa shape index (κ3) is 1.95. The first-order valence-corrected chi connectivity index (χ1v) is 7.44. The number of benzene rings is 2. The molecule has 0 spiro atoms. The summed E-state index contributed by atoms with van der Waals surface area (Å²) in [6, 6.07) is 9.94. The number of nitrogens with zero attached hydrogens (tertiary/aromatic N) is 1. The molecular weight excluding hydrogens is 296 g/mol. The number of hydrogen-bond acceptors (Lipinski definition) is 4. The van der Waals surface area contributed by atoms with E-state index < -0.39 is 24.1 Å². The molecule has 2 heterocycles. The van der Waals surface area contributed by atoms with Crippen LogP contribution in [0.15, 0.2) is 36.4 Å². The summed E-state index contributed by atoms with van der Waals surface area (Å²) in [5.74, 6) is -1.29. The molecule has 116 valence electrons. The maximum Gasteiger partial charge on any atom is 0.257 e. The molecule has 0 aliphatic carbocycles. The van der Waals surface area contributed by atoms with E-state index in [1.807, 2.05) is 18.2 Å².